The maximum Gasteiger partial charge on any atom is 0.224 e. The lowest BCUT2D eigenvalue weighted by Gasteiger charge is -2.46. The van der Waals surface area contributed by atoms with Gasteiger partial charge in [0.2, 0.25) is 5.79 Å². The molecule has 0 unspecified atom stereocenters. The van der Waals surface area contributed by atoms with Crippen molar-refractivity contribution in [2.75, 3.05) is 19.8 Å². The van der Waals surface area contributed by atoms with Gasteiger partial charge in [-0.15, -0.1) is 0 Å². The third-order valence-electron chi connectivity index (χ3n) is 4.84. The summed E-state index contributed by atoms with van der Waals surface area (Å²) in [5.41, 5.74) is 0. The van der Waals surface area contributed by atoms with Gasteiger partial charge in [0.1, 0.15) is 49.3 Å². The van der Waals surface area contributed by atoms with Crippen LogP contribution >= 0.6 is 0 Å². The van der Waals surface area contributed by atoms with Gasteiger partial charge in [-0.1, -0.05) is 0 Å². The second kappa shape index (κ2) is 7.18. The topological polar surface area (TPSA) is 168 Å². The SMILES string of the molecule is CC1(C)OC[C@]2(OC[C@H](O[C@@H]3O[C@H](CO)[C@H](O)[C@H](O)[C@H]3O)[C@@H](O)[C@@H]2O)O1. The predicted molar refractivity (Wildman–Crippen MR) is 80.5 cm³/mol. The lowest BCUT2D eigenvalue weighted by molar-refractivity contribution is -0.369. The van der Waals surface area contributed by atoms with Gasteiger partial charge in [-0.2, -0.15) is 0 Å². The molecule has 0 amide bonds. The Morgan fingerprint density at radius 2 is 1.65 bits per heavy atom. The first-order valence-electron chi connectivity index (χ1n) is 8.40. The van der Waals surface area contributed by atoms with Gasteiger partial charge in [0.25, 0.3) is 0 Å². The molecule has 3 fully saturated rings. The second-order valence-electron chi connectivity index (χ2n) is 7.22. The van der Waals surface area contributed by atoms with Crippen molar-refractivity contribution in [1.82, 2.24) is 0 Å². The largest absolute Gasteiger partial charge is 0.394 e. The van der Waals surface area contributed by atoms with E-state index in [9.17, 15) is 30.6 Å². The highest BCUT2D eigenvalue weighted by Gasteiger charge is 2.59. The Morgan fingerprint density at radius 3 is 2.23 bits per heavy atom. The molecule has 0 bridgehead atoms. The molecule has 6 N–H and O–H groups in total. The number of rotatable bonds is 3. The molecule has 0 radical (unpaired) electrons. The number of hydrogen-bond acceptors (Lipinski definition) is 11. The van der Waals surface area contributed by atoms with E-state index in [4.69, 9.17) is 23.7 Å². The minimum absolute atomic E-state index is 0.0923. The summed E-state index contributed by atoms with van der Waals surface area (Å²) in [7, 11) is 0. The molecule has 3 aliphatic heterocycles. The number of aliphatic hydroxyl groups excluding tert-OH is 6. The van der Waals surface area contributed by atoms with Crippen LogP contribution in [0.15, 0.2) is 0 Å². The molecule has 152 valence electrons. The Kier molecular flexibility index (Phi) is 5.61. The van der Waals surface area contributed by atoms with E-state index in [0.29, 0.717) is 0 Å². The van der Waals surface area contributed by atoms with Crippen LogP contribution in [0.3, 0.4) is 0 Å². The van der Waals surface area contributed by atoms with Crippen molar-refractivity contribution in [3.8, 4) is 0 Å². The van der Waals surface area contributed by atoms with Gasteiger partial charge in [-0.3, -0.25) is 0 Å². The fourth-order valence-corrected chi connectivity index (χ4v) is 3.31. The highest BCUT2D eigenvalue weighted by atomic mass is 16.8. The molecule has 26 heavy (non-hydrogen) atoms. The zero-order chi connectivity index (χ0) is 19.3. The van der Waals surface area contributed by atoms with Gasteiger partial charge >= 0.3 is 0 Å². The molecule has 11 heteroatoms. The van der Waals surface area contributed by atoms with Crippen molar-refractivity contribution in [1.29, 1.82) is 0 Å². The quantitative estimate of drug-likeness (QED) is 0.285. The van der Waals surface area contributed by atoms with Crippen LogP contribution in [0.2, 0.25) is 0 Å². The average Bonchev–Trinajstić information content (AvgIpc) is 2.91. The fourth-order valence-electron chi connectivity index (χ4n) is 3.31. The van der Waals surface area contributed by atoms with Gasteiger partial charge in [-0.05, 0) is 13.8 Å². The van der Waals surface area contributed by atoms with Crippen molar-refractivity contribution in [2.45, 2.75) is 74.4 Å². The summed E-state index contributed by atoms with van der Waals surface area (Å²) in [6, 6.07) is 0. The molecule has 3 heterocycles. The van der Waals surface area contributed by atoms with Crippen LogP contribution in [0.1, 0.15) is 13.8 Å². The first-order chi connectivity index (χ1) is 12.1. The normalized spacial score (nSPS) is 51.7. The van der Waals surface area contributed by atoms with Crippen LogP contribution in [0, 0.1) is 0 Å². The van der Waals surface area contributed by atoms with Gasteiger partial charge in [-0.25, -0.2) is 0 Å². The Bertz CT molecular complexity index is 500. The van der Waals surface area contributed by atoms with Crippen molar-refractivity contribution < 1.29 is 54.3 Å². The van der Waals surface area contributed by atoms with E-state index in [2.05, 4.69) is 0 Å². The Morgan fingerprint density at radius 1 is 0.962 bits per heavy atom. The van der Waals surface area contributed by atoms with E-state index in [0.717, 1.165) is 0 Å². The summed E-state index contributed by atoms with van der Waals surface area (Å²) in [6.45, 7) is 2.36. The molecule has 3 rings (SSSR count). The van der Waals surface area contributed by atoms with Crippen LogP contribution < -0.4 is 0 Å². The molecule has 3 saturated heterocycles. The van der Waals surface area contributed by atoms with Crippen LogP contribution in [0.4, 0.5) is 0 Å². The third kappa shape index (κ3) is 3.50. The molecule has 0 saturated carbocycles. The van der Waals surface area contributed by atoms with E-state index in [1.807, 2.05) is 0 Å². The van der Waals surface area contributed by atoms with Crippen LogP contribution in [-0.4, -0.2) is 111 Å². The summed E-state index contributed by atoms with van der Waals surface area (Å²) in [4.78, 5) is 0. The molecular weight excluding hydrogens is 356 g/mol. The third-order valence-corrected chi connectivity index (χ3v) is 4.84. The summed E-state index contributed by atoms with van der Waals surface area (Å²) >= 11 is 0. The summed E-state index contributed by atoms with van der Waals surface area (Å²) < 4.78 is 27.2. The fraction of sp³-hybridized carbons (Fsp3) is 1.00. The molecule has 0 aromatic heterocycles. The molecule has 0 aromatic rings. The van der Waals surface area contributed by atoms with Gasteiger partial charge in [0.15, 0.2) is 12.1 Å². The Labute approximate surface area is 149 Å². The Balaban J connectivity index is 1.66. The maximum absolute atomic E-state index is 10.4. The molecule has 3 aliphatic rings. The first-order valence-corrected chi connectivity index (χ1v) is 8.40. The number of ether oxygens (including phenoxy) is 5. The van der Waals surface area contributed by atoms with Crippen molar-refractivity contribution in [3.05, 3.63) is 0 Å². The molecule has 0 aliphatic carbocycles. The highest BCUT2D eigenvalue weighted by molar-refractivity contribution is 4.98. The lowest BCUT2D eigenvalue weighted by atomic mass is 9.96. The predicted octanol–water partition coefficient (Wildman–Crippen LogP) is -3.60. The average molecular weight is 382 g/mol. The van der Waals surface area contributed by atoms with Gasteiger partial charge < -0.3 is 54.3 Å². The van der Waals surface area contributed by atoms with E-state index in [-0.39, 0.29) is 13.2 Å². The monoisotopic (exact) mass is 382 g/mol. The second-order valence-corrected chi connectivity index (χ2v) is 7.22. The molecule has 1 spiro atoms. The minimum Gasteiger partial charge on any atom is -0.394 e. The van der Waals surface area contributed by atoms with Crippen molar-refractivity contribution in [2.24, 2.45) is 0 Å². The van der Waals surface area contributed by atoms with Gasteiger partial charge in [0, 0.05) is 0 Å². The van der Waals surface area contributed by atoms with E-state index in [1.54, 1.807) is 13.8 Å². The van der Waals surface area contributed by atoms with E-state index < -0.39 is 67.2 Å². The number of hydrogen-bond donors (Lipinski definition) is 6. The van der Waals surface area contributed by atoms with E-state index >= 15 is 0 Å². The van der Waals surface area contributed by atoms with Crippen molar-refractivity contribution >= 4 is 0 Å². The molecular formula is C15H26O11. The lowest BCUT2D eigenvalue weighted by Crippen LogP contribution is -2.65. The Hall–Kier alpha value is -0.440. The summed E-state index contributed by atoms with van der Waals surface area (Å²) in [6.07, 6.45) is -11.5. The van der Waals surface area contributed by atoms with Gasteiger partial charge in [0.05, 0.1) is 13.2 Å². The molecule has 0 aromatic carbocycles. The number of aliphatic hydroxyl groups is 6. The van der Waals surface area contributed by atoms with E-state index in [1.165, 1.54) is 0 Å². The van der Waals surface area contributed by atoms with Crippen LogP contribution in [0.25, 0.3) is 0 Å². The molecule has 9 atom stereocenters. The minimum atomic E-state index is -1.63. The highest BCUT2D eigenvalue weighted by Crippen LogP contribution is 2.39. The van der Waals surface area contributed by atoms with Crippen LogP contribution in [0.5, 0.6) is 0 Å². The summed E-state index contributed by atoms with van der Waals surface area (Å²) in [5.74, 6) is -2.54. The standard InChI is InChI=1S/C15H26O11/c1-14(2)23-5-15(26-14)12(21)9(18)7(4-22-15)25-13-11(20)10(19)8(17)6(3-16)24-13/h6-13,16-21H,3-5H2,1-2H3/t6-,7+,8+,9-,10+,11-,12+,13+,15+/m1/s1. The smallest absolute Gasteiger partial charge is 0.224 e. The van der Waals surface area contributed by atoms with Crippen molar-refractivity contribution in [3.63, 3.8) is 0 Å². The summed E-state index contributed by atoms with van der Waals surface area (Å²) in [5, 5.41) is 59.6. The van der Waals surface area contributed by atoms with Crippen LogP contribution in [-0.2, 0) is 23.7 Å². The zero-order valence-electron chi connectivity index (χ0n) is 14.5. The zero-order valence-corrected chi connectivity index (χ0v) is 14.5. The maximum atomic E-state index is 10.4. The molecule has 11 nitrogen and oxygen atoms in total. The first kappa shape index (κ1) is 20.3.